The minimum absolute atomic E-state index is 0.0591. The van der Waals surface area contributed by atoms with Gasteiger partial charge in [0.05, 0.1) is 0 Å². The van der Waals surface area contributed by atoms with Gasteiger partial charge in [0.2, 0.25) is 5.91 Å². The van der Waals surface area contributed by atoms with Crippen LogP contribution in [-0.2, 0) is 11.3 Å². The number of nitrogens with one attached hydrogen (secondary N) is 2. The van der Waals surface area contributed by atoms with Crippen molar-refractivity contribution in [3.63, 3.8) is 0 Å². The summed E-state index contributed by atoms with van der Waals surface area (Å²) < 4.78 is 0. The molecule has 1 heterocycles. The fourth-order valence-electron chi connectivity index (χ4n) is 3.30. The van der Waals surface area contributed by atoms with E-state index >= 15 is 0 Å². The highest BCUT2D eigenvalue weighted by Crippen LogP contribution is 2.13. The zero-order chi connectivity index (χ0) is 20.5. The summed E-state index contributed by atoms with van der Waals surface area (Å²) in [4.78, 5) is 38.1. The molecule has 0 saturated carbocycles. The quantitative estimate of drug-likeness (QED) is 0.677. The summed E-state index contributed by atoms with van der Waals surface area (Å²) in [5.74, 6) is -0.110. The molecule has 0 aromatic heterocycles. The maximum atomic E-state index is 12.3. The van der Waals surface area contributed by atoms with Crippen molar-refractivity contribution >= 4 is 17.7 Å². The van der Waals surface area contributed by atoms with Crippen LogP contribution in [0.4, 0.5) is 0 Å². The van der Waals surface area contributed by atoms with Crippen molar-refractivity contribution in [2.24, 2.45) is 0 Å². The Bertz CT molecular complexity index is 828. The molecule has 29 heavy (non-hydrogen) atoms. The number of hydrogen-bond acceptors (Lipinski definition) is 3. The molecule has 2 aromatic carbocycles. The van der Waals surface area contributed by atoms with Crippen molar-refractivity contribution in [1.82, 2.24) is 15.5 Å². The number of carbonyl (C=O) groups excluding carboxylic acids is 3. The van der Waals surface area contributed by atoms with E-state index in [1.165, 1.54) is 0 Å². The molecule has 2 N–H and O–H groups in total. The van der Waals surface area contributed by atoms with E-state index in [1.807, 2.05) is 47.4 Å². The third-order valence-electron chi connectivity index (χ3n) is 4.99. The standard InChI is InChI=1S/C23H27N3O3/c27-21(9-6-14-24-22(28)19-7-2-1-3-8-19)25-17-18-10-12-20(13-11-18)23(29)26-15-4-5-16-26/h1-3,7-8,10-13H,4-6,9,14-17H2,(H,24,28)(H,25,27). The van der Waals surface area contributed by atoms with Crippen LogP contribution in [0.15, 0.2) is 54.6 Å². The zero-order valence-electron chi connectivity index (χ0n) is 16.5. The van der Waals surface area contributed by atoms with E-state index in [9.17, 15) is 14.4 Å². The first kappa shape index (κ1) is 20.6. The number of nitrogens with zero attached hydrogens (tertiary/aromatic N) is 1. The molecule has 152 valence electrons. The van der Waals surface area contributed by atoms with Crippen LogP contribution in [0, 0.1) is 0 Å². The van der Waals surface area contributed by atoms with Crippen molar-refractivity contribution in [3.8, 4) is 0 Å². The molecule has 1 aliphatic heterocycles. The topological polar surface area (TPSA) is 78.5 Å². The van der Waals surface area contributed by atoms with E-state index in [0.29, 0.717) is 37.1 Å². The predicted molar refractivity (Wildman–Crippen MR) is 111 cm³/mol. The van der Waals surface area contributed by atoms with E-state index < -0.39 is 0 Å². The molecule has 3 rings (SSSR count). The second-order valence-electron chi connectivity index (χ2n) is 7.20. The maximum Gasteiger partial charge on any atom is 0.253 e. The average molecular weight is 393 g/mol. The van der Waals surface area contributed by atoms with Crippen LogP contribution < -0.4 is 10.6 Å². The van der Waals surface area contributed by atoms with Gasteiger partial charge in [0, 0.05) is 43.7 Å². The maximum absolute atomic E-state index is 12.3. The molecule has 1 saturated heterocycles. The number of amides is 3. The lowest BCUT2D eigenvalue weighted by molar-refractivity contribution is -0.121. The van der Waals surface area contributed by atoms with Crippen LogP contribution in [0.3, 0.4) is 0 Å². The summed E-state index contributed by atoms with van der Waals surface area (Å²) in [5.41, 5.74) is 2.26. The molecular weight excluding hydrogens is 366 g/mol. The normalized spacial score (nSPS) is 13.2. The summed E-state index contributed by atoms with van der Waals surface area (Å²) in [6.45, 7) is 2.55. The van der Waals surface area contributed by atoms with Gasteiger partial charge in [-0.3, -0.25) is 14.4 Å². The Balaban J connectivity index is 1.34. The lowest BCUT2D eigenvalue weighted by atomic mass is 10.1. The first-order valence-electron chi connectivity index (χ1n) is 10.1. The minimum Gasteiger partial charge on any atom is -0.352 e. The second kappa shape index (κ2) is 10.4. The molecule has 2 aromatic rings. The largest absolute Gasteiger partial charge is 0.352 e. The minimum atomic E-state index is -0.130. The molecule has 1 fully saturated rings. The number of carbonyl (C=O) groups is 3. The zero-order valence-corrected chi connectivity index (χ0v) is 16.5. The summed E-state index contributed by atoms with van der Waals surface area (Å²) >= 11 is 0. The van der Waals surface area contributed by atoms with Crippen molar-refractivity contribution in [1.29, 1.82) is 0 Å². The van der Waals surface area contributed by atoms with Gasteiger partial charge in [0.1, 0.15) is 0 Å². The van der Waals surface area contributed by atoms with Gasteiger partial charge in [-0.15, -0.1) is 0 Å². The van der Waals surface area contributed by atoms with Gasteiger partial charge >= 0.3 is 0 Å². The molecule has 0 aliphatic carbocycles. The summed E-state index contributed by atoms with van der Waals surface area (Å²) in [6.07, 6.45) is 3.08. The molecule has 0 bridgehead atoms. The van der Waals surface area contributed by atoms with E-state index in [0.717, 1.165) is 31.5 Å². The number of likely N-dealkylation sites (tertiary alicyclic amines) is 1. The molecule has 0 unspecified atom stereocenters. The van der Waals surface area contributed by atoms with Gasteiger partial charge in [0.15, 0.2) is 0 Å². The van der Waals surface area contributed by atoms with Crippen LogP contribution in [0.2, 0.25) is 0 Å². The van der Waals surface area contributed by atoms with Gasteiger partial charge in [0.25, 0.3) is 11.8 Å². The van der Waals surface area contributed by atoms with E-state index in [-0.39, 0.29) is 17.7 Å². The van der Waals surface area contributed by atoms with Crippen LogP contribution in [0.5, 0.6) is 0 Å². The Morgan fingerprint density at radius 3 is 2.21 bits per heavy atom. The van der Waals surface area contributed by atoms with Crippen LogP contribution in [-0.4, -0.2) is 42.3 Å². The highest BCUT2D eigenvalue weighted by Gasteiger charge is 2.19. The van der Waals surface area contributed by atoms with Crippen molar-refractivity contribution in [2.45, 2.75) is 32.2 Å². The average Bonchev–Trinajstić information content (AvgIpc) is 3.30. The number of hydrogen-bond donors (Lipinski definition) is 2. The number of benzene rings is 2. The molecule has 6 nitrogen and oxygen atoms in total. The predicted octanol–water partition coefficient (Wildman–Crippen LogP) is 2.75. The van der Waals surface area contributed by atoms with Gasteiger partial charge in [-0.25, -0.2) is 0 Å². The van der Waals surface area contributed by atoms with E-state index in [2.05, 4.69) is 10.6 Å². The summed E-state index contributed by atoms with van der Waals surface area (Å²) in [7, 11) is 0. The van der Waals surface area contributed by atoms with Crippen molar-refractivity contribution in [3.05, 3.63) is 71.3 Å². The Labute approximate surface area is 171 Å². The van der Waals surface area contributed by atoms with Crippen LogP contribution in [0.25, 0.3) is 0 Å². The van der Waals surface area contributed by atoms with E-state index in [1.54, 1.807) is 12.1 Å². The van der Waals surface area contributed by atoms with Crippen molar-refractivity contribution in [2.75, 3.05) is 19.6 Å². The highest BCUT2D eigenvalue weighted by molar-refractivity contribution is 5.94. The molecule has 6 heteroatoms. The second-order valence-corrected chi connectivity index (χ2v) is 7.20. The molecule has 3 amide bonds. The smallest absolute Gasteiger partial charge is 0.253 e. The Morgan fingerprint density at radius 2 is 1.52 bits per heavy atom. The molecule has 0 spiro atoms. The third-order valence-corrected chi connectivity index (χ3v) is 4.99. The number of rotatable bonds is 8. The molecule has 0 atom stereocenters. The van der Waals surface area contributed by atoms with Crippen LogP contribution in [0.1, 0.15) is 52.0 Å². The SMILES string of the molecule is O=C(CCCNC(=O)c1ccccc1)NCc1ccc(C(=O)N2CCCC2)cc1. The van der Waals surface area contributed by atoms with Crippen molar-refractivity contribution < 1.29 is 14.4 Å². The Morgan fingerprint density at radius 1 is 0.828 bits per heavy atom. The lowest BCUT2D eigenvalue weighted by Gasteiger charge is -2.15. The van der Waals surface area contributed by atoms with E-state index in [4.69, 9.17) is 0 Å². The van der Waals surface area contributed by atoms with Gasteiger partial charge in [-0.1, -0.05) is 30.3 Å². The molecular formula is C23H27N3O3. The summed E-state index contributed by atoms with van der Waals surface area (Å²) in [6, 6.07) is 16.4. The van der Waals surface area contributed by atoms with Gasteiger partial charge in [-0.2, -0.15) is 0 Å². The van der Waals surface area contributed by atoms with Gasteiger partial charge in [-0.05, 0) is 49.1 Å². The molecule has 1 aliphatic rings. The summed E-state index contributed by atoms with van der Waals surface area (Å²) in [5, 5.41) is 5.69. The lowest BCUT2D eigenvalue weighted by Crippen LogP contribution is -2.28. The fourth-order valence-corrected chi connectivity index (χ4v) is 3.30. The van der Waals surface area contributed by atoms with Gasteiger partial charge < -0.3 is 15.5 Å². The first-order chi connectivity index (χ1) is 14.1. The Kier molecular flexibility index (Phi) is 7.39. The fraction of sp³-hybridized carbons (Fsp3) is 0.348. The Hall–Kier alpha value is -3.15. The monoisotopic (exact) mass is 393 g/mol. The highest BCUT2D eigenvalue weighted by atomic mass is 16.2. The van der Waals surface area contributed by atoms with Crippen LogP contribution >= 0.6 is 0 Å². The molecule has 0 radical (unpaired) electrons. The third kappa shape index (κ3) is 6.17. The first-order valence-corrected chi connectivity index (χ1v) is 10.1.